The second-order valence-corrected chi connectivity index (χ2v) is 9.68. The SMILES string of the molecule is CCS(=O)(=O)Nc1cc(-c2c[nH]c(=O)c(OC)c2)cc2c1nc(C(F)(F)F)n2CC1CC1. The first-order chi connectivity index (χ1) is 15.0. The number of hydrogen-bond acceptors (Lipinski definition) is 5. The Kier molecular flexibility index (Phi) is 5.43. The number of aromatic nitrogens is 3. The Morgan fingerprint density at radius 2 is 1.97 bits per heavy atom. The van der Waals surface area contributed by atoms with Gasteiger partial charge in [-0.3, -0.25) is 9.52 Å². The first-order valence-corrected chi connectivity index (χ1v) is 11.6. The van der Waals surface area contributed by atoms with Crippen LogP contribution in [0.25, 0.3) is 22.2 Å². The largest absolute Gasteiger partial charge is 0.491 e. The lowest BCUT2D eigenvalue weighted by atomic mass is 10.1. The maximum absolute atomic E-state index is 13.8. The van der Waals surface area contributed by atoms with Crippen LogP contribution in [0.3, 0.4) is 0 Å². The van der Waals surface area contributed by atoms with Gasteiger partial charge in [0.2, 0.25) is 15.8 Å². The van der Waals surface area contributed by atoms with Gasteiger partial charge < -0.3 is 14.3 Å². The van der Waals surface area contributed by atoms with Crippen molar-refractivity contribution in [1.29, 1.82) is 0 Å². The molecule has 0 radical (unpaired) electrons. The Labute approximate surface area is 181 Å². The quantitative estimate of drug-likeness (QED) is 0.549. The van der Waals surface area contributed by atoms with E-state index in [1.807, 2.05) is 0 Å². The van der Waals surface area contributed by atoms with Crippen molar-refractivity contribution in [3.63, 3.8) is 0 Å². The molecule has 1 saturated carbocycles. The molecule has 2 N–H and O–H groups in total. The van der Waals surface area contributed by atoms with E-state index >= 15 is 0 Å². The lowest BCUT2D eigenvalue weighted by Crippen LogP contribution is -2.15. The van der Waals surface area contributed by atoms with Crippen molar-refractivity contribution >= 4 is 26.7 Å². The highest BCUT2D eigenvalue weighted by atomic mass is 32.2. The maximum Gasteiger partial charge on any atom is 0.449 e. The summed E-state index contributed by atoms with van der Waals surface area (Å²) in [6, 6.07) is 4.35. The van der Waals surface area contributed by atoms with Crippen LogP contribution in [0.4, 0.5) is 18.9 Å². The van der Waals surface area contributed by atoms with E-state index in [1.54, 1.807) is 0 Å². The topological polar surface area (TPSA) is 106 Å². The van der Waals surface area contributed by atoms with Gasteiger partial charge in [-0.15, -0.1) is 0 Å². The number of imidazole rings is 1. The predicted molar refractivity (Wildman–Crippen MR) is 113 cm³/mol. The lowest BCUT2D eigenvalue weighted by molar-refractivity contribution is -0.147. The highest BCUT2D eigenvalue weighted by molar-refractivity contribution is 7.92. The second-order valence-electron chi connectivity index (χ2n) is 7.67. The first kappa shape index (κ1) is 22.2. The van der Waals surface area contributed by atoms with Crippen molar-refractivity contribution < 1.29 is 26.3 Å². The number of aromatic amines is 1. The molecule has 8 nitrogen and oxygen atoms in total. The van der Waals surface area contributed by atoms with Crippen LogP contribution in [-0.2, 0) is 22.7 Å². The first-order valence-electron chi connectivity index (χ1n) is 9.91. The molecule has 4 rings (SSSR count). The van der Waals surface area contributed by atoms with Gasteiger partial charge in [0.15, 0.2) is 5.75 Å². The van der Waals surface area contributed by atoms with E-state index in [0.29, 0.717) is 11.1 Å². The second kappa shape index (κ2) is 7.84. The molecule has 32 heavy (non-hydrogen) atoms. The number of pyridine rings is 1. The number of hydrogen-bond donors (Lipinski definition) is 2. The number of ether oxygens (including phenoxy) is 1. The molecule has 0 atom stereocenters. The molecule has 3 aromatic rings. The van der Waals surface area contributed by atoms with Gasteiger partial charge in [-0.1, -0.05) is 0 Å². The van der Waals surface area contributed by atoms with Gasteiger partial charge >= 0.3 is 6.18 Å². The number of methoxy groups -OCH3 is 1. The fourth-order valence-electron chi connectivity index (χ4n) is 3.45. The molecule has 172 valence electrons. The summed E-state index contributed by atoms with van der Waals surface area (Å²) >= 11 is 0. The molecule has 2 heterocycles. The monoisotopic (exact) mass is 470 g/mol. The van der Waals surface area contributed by atoms with Gasteiger partial charge in [0.25, 0.3) is 5.56 Å². The Balaban J connectivity index is 2.00. The van der Waals surface area contributed by atoms with Crippen LogP contribution in [0.2, 0.25) is 0 Å². The highest BCUT2D eigenvalue weighted by Crippen LogP contribution is 2.40. The third-order valence-corrected chi connectivity index (χ3v) is 6.60. The zero-order valence-corrected chi connectivity index (χ0v) is 18.1. The third kappa shape index (κ3) is 4.31. The standard InChI is InChI=1S/C20H21F3N4O4S/c1-3-32(29,30)26-14-6-12(13-8-16(31-2)18(28)24-9-13)7-15-17(14)25-19(20(21,22)23)27(15)10-11-4-5-11/h6-9,11,26H,3-5,10H2,1-2H3,(H,24,28). The fourth-order valence-corrected chi connectivity index (χ4v) is 4.08. The Hall–Kier alpha value is -3.02. The van der Waals surface area contributed by atoms with E-state index in [1.165, 1.54) is 38.4 Å². The molecule has 1 aliphatic carbocycles. The smallest absolute Gasteiger partial charge is 0.449 e. The van der Waals surface area contributed by atoms with E-state index in [-0.39, 0.29) is 40.7 Å². The van der Waals surface area contributed by atoms with Crippen molar-refractivity contribution in [3.05, 3.63) is 40.6 Å². The Morgan fingerprint density at radius 3 is 2.56 bits per heavy atom. The Bertz CT molecular complexity index is 1340. The molecular weight excluding hydrogens is 449 g/mol. The van der Waals surface area contributed by atoms with Crippen molar-refractivity contribution in [3.8, 4) is 16.9 Å². The average molecular weight is 470 g/mol. The number of benzene rings is 1. The highest BCUT2D eigenvalue weighted by Gasteiger charge is 2.39. The number of nitrogens with one attached hydrogen (secondary N) is 2. The summed E-state index contributed by atoms with van der Waals surface area (Å²) in [7, 11) is -2.48. The number of fused-ring (bicyclic) bond motifs is 1. The van der Waals surface area contributed by atoms with Crippen LogP contribution in [0.15, 0.2) is 29.2 Å². The fraction of sp³-hybridized carbons (Fsp3) is 0.400. The molecule has 0 saturated heterocycles. The van der Waals surface area contributed by atoms with Crippen LogP contribution in [-0.4, -0.2) is 35.8 Å². The summed E-state index contributed by atoms with van der Waals surface area (Å²) in [6.45, 7) is 1.55. The van der Waals surface area contributed by atoms with Crippen molar-refractivity contribution in [2.45, 2.75) is 32.5 Å². The number of nitrogens with zero attached hydrogens (tertiary/aromatic N) is 2. The normalized spacial score (nSPS) is 14.7. The van der Waals surface area contributed by atoms with Crippen LogP contribution < -0.4 is 15.0 Å². The van der Waals surface area contributed by atoms with Gasteiger partial charge in [-0.05, 0) is 49.4 Å². The summed E-state index contributed by atoms with van der Waals surface area (Å²) in [6.07, 6.45) is -1.68. The molecule has 2 aromatic heterocycles. The summed E-state index contributed by atoms with van der Waals surface area (Å²) < 4.78 is 74.3. The average Bonchev–Trinajstić information content (AvgIpc) is 3.46. The molecule has 1 fully saturated rings. The molecule has 1 aromatic carbocycles. The molecule has 0 spiro atoms. The minimum atomic E-state index is -4.71. The van der Waals surface area contributed by atoms with Crippen LogP contribution in [0.5, 0.6) is 5.75 Å². The van der Waals surface area contributed by atoms with Crippen LogP contribution in [0, 0.1) is 5.92 Å². The van der Waals surface area contributed by atoms with E-state index in [2.05, 4.69) is 14.7 Å². The number of halogens is 3. The van der Waals surface area contributed by atoms with Crippen LogP contribution in [0.1, 0.15) is 25.6 Å². The number of anilines is 1. The number of alkyl halides is 3. The molecule has 0 bridgehead atoms. The molecule has 0 unspecified atom stereocenters. The maximum atomic E-state index is 13.8. The van der Waals surface area contributed by atoms with Gasteiger partial charge in [-0.25, -0.2) is 13.4 Å². The van der Waals surface area contributed by atoms with Crippen molar-refractivity contribution in [2.24, 2.45) is 5.92 Å². The van der Waals surface area contributed by atoms with Gasteiger partial charge in [0.1, 0.15) is 5.52 Å². The van der Waals surface area contributed by atoms with E-state index < -0.39 is 27.6 Å². The molecule has 1 aliphatic rings. The lowest BCUT2D eigenvalue weighted by Gasteiger charge is -2.13. The third-order valence-electron chi connectivity index (χ3n) is 5.31. The zero-order chi connectivity index (χ0) is 23.3. The summed E-state index contributed by atoms with van der Waals surface area (Å²) in [5.74, 6) is -1.21. The minimum absolute atomic E-state index is 0.0146. The van der Waals surface area contributed by atoms with Gasteiger partial charge in [0.05, 0.1) is 24.1 Å². The number of rotatable bonds is 7. The van der Waals surface area contributed by atoms with E-state index in [0.717, 1.165) is 17.4 Å². The number of H-pyrrole nitrogens is 1. The van der Waals surface area contributed by atoms with Gasteiger partial charge in [-0.2, -0.15) is 13.2 Å². The molecule has 0 aliphatic heterocycles. The minimum Gasteiger partial charge on any atom is -0.491 e. The van der Waals surface area contributed by atoms with Crippen LogP contribution >= 0.6 is 0 Å². The summed E-state index contributed by atoms with van der Waals surface area (Å²) in [5, 5.41) is 0. The molecule has 12 heteroatoms. The predicted octanol–water partition coefficient (Wildman–Crippen LogP) is 3.59. The van der Waals surface area contributed by atoms with Crippen molar-refractivity contribution in [1.82, 2.24) is 14.5 Å². The van der Waals surface area contributed by atoms with Crippen molar-refractivity contribution in [2.75, 3.05) is 17.6 Å². The summed E-state index contributed by atoms with van der Waals surface area (Å²) in [4.78, 5) is 18.1. The Morgan fingerprint density at radius 1 is 1.25 bits per heavy atom. The number of sulfonamides is 1. The molecule has 0 amide bonds. The van der Waals surface area contributed by atoms with E-state index in [4.69, 9.17) is 4.74 Å². The summed E-state index contributed by atoms with van der Waals surface area (Å²) in [5.41, 5.74) is 0.363. The van der Waals surface area contributed by atoms with Gasteiger partial charge in [0, 0.05) is 18.3 Å². The zero-order valence-electron chi connectivity index (χ0n) is 17.3. The molecular formula is C20H21F3N4O4S. The van der Waals surface area contributed by atoms with E-state index in [9.17, 15) is 26.4 Å².